The molecule has 1 atom stereocenters. The van der Waals surface area contributed by atoms with Crippen molar-refractivity contribution in [1.29, 1.82) is 0 Å². The van der Waals surface area contributed by atoms with E-state index in [2.05, 4.69) is 15.5 Å². The van der Waals surface area contributed by atoms with Crippen LogP contribution in [0, 0.1) is 12.8 Å². The predicted octanol–water partition coefficient (Wildman–Crippen LogP) is 3.03. The fourth-order valence-electron chi connectivity index (χ4n) is 1.59. The molecule has 23 heavy (non-hydrogen) atoms. The lowest BCUT2D eigenvalue weighted by Gasteiger charge is -2.10. The van der Waals surface area contributed by atoms with Crippen LogP contribution in [0.25, 0.3) is 0 Å². The van der Waals surface area contributed by atoms with Crippen LogP contribution < -0.4 is 5.32 Å². The van der Waals surface area contributed by atoms with Crippen LogP contribution in [0.5, 0.6) is 0 Å². The molecule has 1 aromatic carbocycles. The van der Waals surface area contributed by atoms with E-state index in [-0.39, 0.29) is 18.4 Å². The smallest absolute Gasteiger partial charge is 0.414 e. The number of imide groups is 1. The van der Waals surface area contributed by atoms with Crippen LogP contribution in [0.3, 0.4) is 0 Å². The summed E-state index contributed by atoms with van der Waals surface area (Å²) in [5, 5.41) is 11.0. The maximum absolute atomic E-state index is 11.9. The van der Waals surface area contributed by atoms with Crippen LogP contribution in [-0.2, 0) is 16.1 Å². The van der Waals surface area contributed by atoms with Gasteiger partial charge in [0.1, 0.15) is 11.6 Å². The lowest BCUT2D eigenvalue weighted by atomic mass is 10.2. The van der Waals surface area contributed by atoms with Gasteiger partial charge in [-0.25, -0.2) is 4.79 Å². The van der Waals surface area contributed by atoms with Gasteiger partial charge in [-0.05, 0) is 12.5 Å². The molecule has 1 unspecified atom stereocenters. The summed E-state index contributed by atoms with van der Waals surface area (Å²) in [5.74, 6) is -0.183. The Morgan fingerprint density at radius 3 is 2.70 bits per heavy atom. The summed E-state index contributed by atoms with van der Waals surface area (Å²) in [7, 11) is 0. The van der Waals surface area contributed by atoms with Crippen LogP contribution in [0.1, 0.15) is 17.5 Å². The second-order valence-corrected chi connectivity index (χ2v) is 7.30. The number of carbonyl (C=O) groups excluding carboxylic acids is 2. The standard InChI is InChI=1S/C15H17N3O3S2/c1-10(9-22-15-18-17-11(2)23-15)13(19)16-14(20)21-8-12-6-4-3-5-7-12/h3-7,10H,8-9H2,1-2H3,(H,16,19,20). The molecule has 122 valence electrons. The van der Waals surface area contributed by atoms with E-state index >= 15 is 0 Å². The summed E-state index contributed by atoms with van der Waals surface area (Å²) in [6.07, 6.45) is -0.734. The van der Waals surface area contributed by atoms with Crippen LogP contribution >= 0.6 is 23.1 Å². The first kappa shape index (κ1) is 17.4. The summed E-state index contributed by atoms with van der Waals surface area (Å²) in [6, 6.07) is 9.29. The topological polar surface area (TPSA) is 81.2 Å². The van der Waals surface area contributed by atoms with E-state index in [1.807, 2.05) is 37.3 Å². The molecule has 0 spiro atoms. The number of amides is 2. The van der Waals surface area contributed by atoms with Gasteiger partial charge in [0.2, 0.25) is 5.91 Å². The van der Waals surface area contributed by atoms with Gasteiger partial charge in [-0.3, -0.25) is 10.1 Å². The number of benzene rings is 1. The van der Waals surface area contributed by atoms with Crippen molar-refractivity contribution >= 4 is 35.1 Å². The zero-order valence-corrected chi connectivity index (χ0v) is 14.4. The number of carbonyl (C=O) groups is 2. The van der Waals surface area contributed by atoms with Gasteiger partial charge >= 0.3 is 6.09 Å². The highest BCUT2D eigenvalue weighted by Gasteiger charge is 2.17. The van der Waals surface area contributed by atoms with Crippen LogP contribution in [0.15, 0.2) is 34.7 Å². The maximum Gasteiger partial charge on any atom is 0.414 e. The number of thioether (sulfide) groups is 1. The van der Waals surface area contributed by atoms with E-state index in [1.54, 1.807) is 6.92 Å². The fraction of sp³-hybridized carbons (Fsp3) is 0.333. The van der Waals surface area contributed by atoms with Gasteiger partial charge in [-0.2, -0.15) is 0 Å². The molecule has 0 fully saturated rings. The largest absolute Gasteiger partial charge is 0.444 e. The summed E-state index contributed by atoms with van der Waals surface area (Å²) in [4.78, 5) is 23.6. The molecule has 0 aliphatic carbocycles. The Kier molecular flexibility index (Phi) is 6.54. The number of ether oxygens (including phenoxy) is 1. The molecule has 2 rings (SSSR count). The summed E-state index contributed by atoms with van der Waals surface area (Å²) in [5.41, 5.74) is 0.866. The molecule has 8 heteroatoms. The van der Waals surface area contributed by atoms with Gasteiger partial charge in [0.05, 0.1) is 0 Å². The Morgan fingerprint density at radius 2 is 2.04 bits per heavy atom. The van der Waals surface area contributed by atoms with Crippen molar-refractivity contribution in [2.45, 2.75) is 24.8 Å². The summed E-state index contributed by atoms with van der Waals surface area (Å²) in [6.45, 7) is 3.76. The molecular formula is C15H17N3O3S2. The molecule has 0 saturated carbocycles. The molecule has 2 amide bonds. The molecule has 0 aliphatic heterocycles. The SMILES string of the molecule is Cc1nnc(SCC(C)C(=O)NC(=O)OCc2ccccc2)s1. The number of alkyl carbamates (subject to hydrolysis) is 1. The third kappa shape index (κ3) is 5.99. The Bertz CT molecular complexity index is 661. The van der Waals surface area contributed by atoms with E-state index in [0.717, 1.165) is 14.9 Å². The molecule has 0 aliphatic rings. The minimum atomic E-state index is -0.734. The molecule has 0 radical (unpaired) electrons. The van der Waals surface area contributed by atoms with Crippen LogP contribution in [0.4, 0.5) is 4.79 Å². The number of hydrogen-bond donors (Lipinski definition) is 1. The minimum absolute atomic E-state index is 0.132. The van der Waals surface area contributed by atoms with E-state index in [1.165, 1.54) is 23.1 Å². The zero-order valence-electron chi connectivity index (χ0n) is 12.8. The van der Waals surface area contributed by atoms with Gasteiger partial charge in [0, 0.05) is 11.7 Å². The monoisotopic (exact) mass is 351 g/mol. The van der Waals surface area contributed by atoms with Gasteiger partial charge < -0.3 is 4.74 Å². The second kappa shape index (κ2) is 8.64. The molecule has 6 nitrogen and oxygen atoms in total. The van der Waals surface area contributed by atoms with Crippen molar-refractivity contribution < 1.29 is 14.3 Å². The zero-order chi connectivity index (χ0) is 16.7. The molecule has 0 saturated heterocycles. The maximum atomic E-state index is 11.9. The fourth-order valence-corrected chi connectivity index (χ4v) is 3.45. The summed E-state index contributed by atoms with van der Waals surface area (Å²) < 4.78 is 5.83. The van der Waals surface area contributed by atoms with Crippen molar-refractivity contribution in [2.24, 2.45) is 5.92 Å². The molecule has 1 N–H and O–H groups in total. The van der Waals surface area contributed by atoms with Gasteiger partial charge in [0.25, 0.3) is 0 Å². The quantitative estimate of drug-likeness (QED) is 0.806. The Balaban J connectivity index is 1.71. The number of nitrogens with one attached hydrogen (secondary N) is 1. The van der Waals surface area contributed by atoms with Gasteiger partial charge in [0.15, 0.2) is 4.34 Å². The van der Waals surface area contributed by atoms with Crippen molar-refractivity contribution in [3.63, 3.8) is 0 Å². The number of rotatable bonds is 6. The molecule has 0 bridgehead atoms. The Hall–Kier alpha value is -1.93. The number of aryl methyl sites for hydroxylation is 1. The predicted molar refractivity (Wildman–Crippen MR) is 89.3 cm³/mol. The van der Waals surface area contributed by atoms with Crippen LogP contribution in [0.2, 0.25) is 0 Å². The first-order chi connectivity index (χ1) is 11.0. The molecule has 1 aromatic heterocycles. The third-order valence-electron chi connectivity index (χ3n) is 2.85. The Labute approximate surface area is 142 Å². The van der Waals surface area contributed by atoms with Crippen molar-refractivity contribution in [2.75, 3.05) is 5.75 Å². The molecular weight excluding hydrogens is 334 g/mol. The van der Waals surface area contributed by atoms with Crippen molar-refractivity contribution in [3.05, 3.63) is 40.9 Å². The van der Waals surface area contributed by atoms with Crippen molar-refractivity contribution in [3.8, 4) is 0 Å². The van der Waals surface area contributed by atoms with Crippen LogP contribution in [-0.4, -0.2) is 28.0 Å². The number of nitrogens with zero attached hydrogens (tertiary/aromatic N) is 2. The normalized spacial score (nSPS) is 11.7. The third-order valence-corrected chi connectivity index (χ3v) is 5.08. The second-order valence-electron chi connectivity index (χ2n) is 4.85. The van der Waals surface area contributed by atoms with E-state index in [9.17, 15) is 9.59 Å². The lowest BCUT2D eigenvalue weighted by molar-refractivity contribution is -0.123. The highest BCUT2D eigenvalue weighted by atomic mass is 32.2. The Morgan fingerprint density at radius 1 is 1.30 bits per heavy atom. The molecule has 1 heterocycles. The first-order valence-electron chi connectivity index (χ1n) is 6.99. The summed E-state index contributed by atoms with van der Waals surface area (Å²) >= 11 is 2.93. The number of aromatic nitrogens is 2. The highest BCUT2D eigenvalue weighted by molar-refractivity contribution is 8.01. The van der Waals surface area contributed by atoms with Gasteiger partial charge in [-0.15, -0.1) is 10.2 Å². The lowest BCUT2D eigenvalue weighted by Crippen LogP contribution is -2.35. The first-order valence-corrected chi connectivity index (χ1v) is 8.79. The minimum Gasteiger partial charge on any atom is -0.444 e. The highest BCUT2D eigenvalue weighted by Crippen LogP contribution is 2.23. The van der Waals surface area contributed by atoms with Gasteiger partial charge in [-0.1, -0.05) is 60.4 Å². The van der Waals surface area contributed by atoms with E-state index in [4.69, 9.17) is 4.74 Å². The number of hydrogen-bond acceptors (Lipinski definition) is 7. The van der Waals surface area contributed by atoms with Crippen molar-refractivity contribution in [1.82, 2.24) is 15.5 Å². The van der Waals surface area contributed by atoms with E-state index < -0.39 is 6.09 Å². The average molecular weight is 351 g/mol. The van der Waals surface area contributed by atoms with E-state index in [0.29, 0.717) is 5.75 Å². The average Bonchev–Trinajstić information content (AvgIpc) is 2.97. The molecule has 2 aromatic rings.